The number of aromatic carboxylic acids is 1. The Balaban J connectivity index is 1.25. The highest BCUT2D eigenvalue weighted by Crippen LogP contribution is 2.34. The van der Waals surface area contributed by atoms with Crippen molar-refractivity contribution in [2.24, 2.45) is 0 Å². The van der Waals surface area contributed by atoms with E-state index in [0.717, 1.165) is 75.4 Å². The Bertz CT molecular complexity index is 1600. The number of hydrogen-bond acceptors (Lipinski definition) is 7. The van der Waals surface area contributed by atoms with E-state index in [1.165, 1.54) is 38.7 Å². The first kappa shape index (κ1) is 30.1. The fourth-order valence-corrected chi connectivity index (χ4v) is 6.49. The highest BCUT2D eigenvalue weighted by molar-refractivity contribution is 5.90. The Kier molecular flexibility index (Phi) is 8.86. The molecule has 0 unspecified atom stereocenters. The van der Waals surface area contributed by atoms with Gasteiger partial charge in [0.25, 0.3) is 0 Å². The number of benzene rings is 1. The standard InChI is InChI=1S/C35H42N4O5/c1-22(2)44-34-30(35(40)41)18-36-39(34)32-11-7-10-31(37-32)29-9-6-5-8-23(3)33(29)43-20-26-13-12-25-19-38(27-15-17-42-21-27)16-14-28(25)24(26)4/h7,9-13,18,22,27H,5-6,8,14-17,19-21H2,1-4H3,(H,40,41)/t27-/m1/s1. The van der Waals surface area contributed by atoms with E-state index < -0.39 is 5.97 Å². The van der Waals surface area contributed by atoms with E-state index in [-0.39, 0.29) is 17.5 Å². The lowest BCUT2D eigenvalue weighted by Gasteiger charge is -2.34. The molecule has 2 aliphatic heterocycles. The number of carbonyl (C=O) groups is 1. The number of rotatable bonds is 9. The molecule has 0 spiro atoms. The van der Waals surface area contributed by atoms with E-state index in [4.69, 9.17) is 19.2 Å². The van der Waals surface area contributed by atoms with Crippen LogP contribution >= 0.6 is 0 Å². The molecule has 9 nitrogen and oxygen atoms in total. The molecule has 9 heteroatoms. The number of nitrogens with zero attached hydrogens (tertiary/aromatic N) is 4. The fraction of sp³-hybridized carbons (Fsp3) is 0.457. The number of allylic oxidation sites excluding steroid dienone is 3. The zero-order valence-corrected chi connectivity index (χ0v) is 26.1. The first-order valence-corrected chi connectivity index (χ1v) is 15.7. The average molecular weight is 599 g/mol. The van der Waals surface area contributed by atoms with Crippen LogP contribution in [0.5, 0.6) is 5.88 Å². The smallest absolute Gasteiger partial charge is 0.342 e. The molecule has 1 N–H and O–H groups in total. The van der Waals surface area contributed by atoms with Crippen LogP contribution in [0.2, 0.25) is 0 Å². The van der Waals surface area contributed by atoms with Gasteiger partial charge >= 0.3 is 5.97 Å². The molecule has 1 aromatic carbocycles. The minimum atomic E-state index is -1.10. The molecular weight excluding hydrogens is 556 g/mol. The molecule has 44 heavy (non-hydrogen) atoms. The molecule has 0 amide bonds. The second-order valence-corrected chi connectivity index (χ2v) is 12.3. The van der Waals surface area contributed by atoms with Crippen molar-refractivity contribution in [2.75, 3.05) is 19.8 Å². The summed E-state index contributed by atoms with van der Waals surface area (Å²) < 4.78 is 19.6. The lowest BCUT2D eigenvalue weighted by Crippen LogP contribution is -2.39. The number of hydrogen-bond donors (Lipinski definition) is 1. The maximum Gasteiger partial charge on any atom is 0.342 e. The molecule has 1 fully saturated rings. The van der Waals surface area contributed by atoms with Gasteiger partial charge in [0.05, 0.1) is 24.6 Å². The van der Waals surface area contributed by atoms with Crippen molar-refractivity contribution in [2.45, 2.75) is 85.1 Å². The zero-order valence-electron chi connectivity index (χ0n) is 26.1. The van der Waals surface area contributed by atoms with E-state index in [1.54, 1.807) is 6.07 Å². The molecular formula is C35H42N4O5. The van der Waals surface area contributed by atoms with Gasteiger partial charge in [-0.15, -0.1) is 0 Å². The minimum Gasteiger partial charge on any atom is -0.488 e. The van der Waals surface area contributed by atoms with Crippen LogP contribution in [0.25, 0.3) is 11.4 Å². The summed E-state index contributed by atoms with van der Waals surface area (Å²) in [5.41, 5.74) is 8.30. The molecule has 2 aromatic heterocycles. The fourth-order valence-electron chi connectivity index (χ4n) is 6.49. The highest BCUT2D eigenvalue weighted by Gasteiger charge is 2.28. The van der Waals surface area contributed by atoms with Crippen molar-refractivity contribution in [3.63, 3.8) is 0 Å². The molecule has 3 aliphatic rings. The normalized spacial score (nSPS) is 19.1. The number of ether oxygens (including phenoxy) is 3. The second-order valence-electron chi connectivity index (χ2n) is 12.3. The number of fused-ring (bicyclic) bond motifs is 1. The summed E-state index contributed by atoms with van der Waals surface area (Å²) in [6, 6.07) is 10.7. The molecule has 1 saturated heterocycles. The molecule has 6 rings (SSSR count). The summed E-state index contributed by atoms with van der Waals surface area (Å²) in [6.45, 7) is 12.3. The second kappa shape index (κ2) is 13.0. The molecule has 232 valence electrons. The quantitative estimate of drug-likeness (QED) is 0.308. The van der Waals surface area contributed by atoms with Gasteiger partial charge in [0.1, 0.15) is 17.9 Å². The Labute approximate surface area is 259 Å². The number of pyridine rings is 1. The summed E-state index contributed by atoms with van der Waals surface area (Å²) in [5, 5.41) is 14.0. The summed E-state index contributed by atoms with van der Waals surface area (Å²) >= 11 is 0. The van der Waals surface area contributed by atoms with E-state index in [1.807, 2.05) is 26.0 Å². The maximum atomic E-state index is 11.8. The van der Waals surface area contributed by atoms with Gasteiger partial charge in [-0.2, -0.15) is 9.78 Å². The van der Waals surface area contributed by atoms with Gasteiger partial charge in [0.2, 0.25) is 5.88 Å². The Morgan fingerprint density at radius 3 is 2.82 bits per heavy atom. The molecule has 4 heterocycles. The predicted octanol–water partition coefficient (Wildman–Crippen LogP) is 6.27. The topological polar surface area (TPSA) is 98.9 Å². The summed E-state index contributed by atoms with van der Waals surface area (Å²) in [5.74, 6) is 0.415. The lowest BCUT2D eigenvalue weighted by atomic mass is 9.91. The van der Waals surface area contributed by atoms with Crippen LogP contribution in [0.4, 0.5) is 0 Å². The molecule has 0 bridgehead atoms. The van der Waals surface area contributed by atoms with Crippen molar-refractivity contribution < 1.29 is 24.1 Å². The van der Waals surface area contributed by atoms with Crippen LogP contribution in [-0.4, -0.2) is 62.6 Å². The Morgan fingerprint density at radius 1 is 1.18 bits per heavy atom. The Morgan fingerprint density at radius 2 is 2.05 bits per heavy atom. The predicted molar refractivity (Wildman–Crippen MR) is 168 cm³/mol. The maximum absolute atomic E-state index is 11.8. The largest absolute Gasteiger partial charge is 0.488 e. The van der Waals surface area contributed by atoms with Crippen molar-refractivity contribution in [3.05, 3.63) is 87.4 Å². The zero-order chi connectivity index (χ0) is 30.8. The van der Waals surface area contributed by atoms with Crippen LogP contribution in [-0.2, 0) is 29.0 Å². The summed E-state index contributed by atoms with van der Waals surface area (Å²) in [4.78, 5) is 19.4. The number of aromatic nitrogens is 3. The average Bonchev–Trinajstić information content (AvgIpc) is 3.66. The van der Waals surface area contributed by atoms with Gasteiger partial charge in [-0.05, 0) is 99.8 Å². The van der Waals surface area contributed by atoms with Crippen LogP contribution in [0, 0.1) is 6.92 Å². The van der Waals surface area contributed by atoms with Gasteiger partial charge in [0.15, 0.2) is 5.82 Å². The minimum absolute atomic E-state index is 0.0000261. The van der Waals surface area contributed by atoms with E-state index in [2.05, 4.69) is 42.1 Å². The number of carboxylic acids is 1. The lowest BCUT2D eigenvalue weighted by molar-refractivity contribution is 0.0690. The van der Waals surface area contributed by atoms with Gasteiger partial charge in [-0.25, -0.2) is 9.78 Å². The van der Waals surface area contributed by atoms with Gasteiger partial charge in [-0.1, -0.05) is 24.3 Å². The monoisotopic (exact) mass is 598 g/mol. The van der Waals surface area contributed by atoms with Crippen LogP contribution in [0.3, 0.4) is 0 Å². The third-order valence-corrected chi connectivity index (χ3v) is 8.89. The van der Waals surface area contributed by atoms with Crippen LogP contribution in [0.1, 0.15) is 84.8 Å². The van der Waals surface area contributed by atoms with Crippen molar-refractivity contribution >= 4 is 11.5 Å². The summed E-state index contributed by atoms with van der Waals surface area (Å²) in [7, 11) is 0. The molecule has 1 atom stereocenters. The van der Waals surface area contributed by atoms with Crippen molar-refractivity contribution in [3.8, 4) is 11.7 Å². The third kappa shape index (κ3) is 6.16. The van der Waals surface area contributed by atoms with E-state index >= 15 is 0 Å². The van der Waals surface area contributed by atoms with Gasteiger partial charge in [-0.3, -0.25) is 4.90 Å². The SMILES string of the molecule is CC1=C(OCc2ccc3c(c2C)CCN([C@@H]2CCOC2)C3)C(c2cccc(-n3ncc(C(=O)O)c3OC(C)C)n2)=CCCC1. The van der Waals surface area contributed by atoms with E-state index in [0.29, 0.717) is 18.5 Å². The van der Waals surface area contributed by atoms with Gasteiger partial charge in [0, 0.05) is 31.3 Å². The highest BCUT2D eigenvalue weighted by atomic mass is 16.5. The molecule has 1 aliphatic carbocycles. The first-order valence-electron chi connectivity index (χ1n) is 15.7. The third-order valence-electron chi connectivity index (χ3n) is 8.89. The van der Waals surface area contributed by atoms with Crippen LogP contribution in [0.15, 0.2) is 53.9 Å². The van der Waals surface area contributed by atoms with Crippen molar-refractivity contribution in [1.82, 2.24) is 19.7 Å². The molecule has 0 saturated carbocycles. The first-order chi connectivity index (χ1) is 21.3. The Hall–Kier alpha value is -3.95. The summed E-state index contributed by atoms with van der Waals surface area (Å²) in [6.07, 6.45) is 8.36. The molecule has 0 radical (unpaired) electrons. The van der Waals surface area contributed by atoms with Gasteiger partial charge < -0.3 is 19.3 Å². The van der Waals surface area contributed by atoms with E-state index in [9.17, 15) is 9.90 Å². The van der Waals surface area contributed by atoms with Crippen LogP contribution < -0.4 is 4.74 Å². The molecule has 3 aromatic rings. The number of carboxylic acid groups (broad SMARTS) is 1. The van der Waals surface area contributed by atoms with Crippen molar-refractivity contribution in [1.29, 1.82) is 0 Å².